The number of alkyl halides is 3. The Morgan fingerprint density at radius 2 is 1.70 bits per heavy atom. The fraction of sp³-hybridized carbons (Fsp3) is 0.400. The number of hydrogen-bond donors (Lipinski definition) is 2. The quantitative estimate of drug-likeness (QED) is 0.368. The third-order valence-corrected chi connectivity index (χ3v) is 8.42. The third-order valence-electron chi connectivity index (χ3n) is 8.12. The molecule has 2 aromatic carbocycles. The first-order chi connectivity index (χ1) is 20.3. The van der Waals surface area contributed by atoms with Crippen molar-refractivity contribution in [3.63, 3.8) is 0 Å². The summed E-state index contributed by atoms with van der Waals surface area (Å²) in [6.07, 6.45) is -4.21. The molecule has 1 amide bonds. The summed E-state index contributed by atoms with van der Waals surface area (Å²) in [5, 5.41) is 2.98. The van der Waals surface area contributed by atoms with Crippen LogP contribution in [-0.4, -0.2) is 74.3 Å². The van der Waals surface area contributed by atoms with Crippen molar-refractivity contribution in [2.75, 3.05) is 61.6 Å². The number of piperazine rings is 1. The number of carbonyl (C=O) groups is 1. The Kier molecular flexibility index (Phi) is 8.73. The lowest BCUT2D eigenvalue weighted by Gasteiger charge is -2.44. The van der Waals surface area contributed by atoms with Gasteiger partial charge in [0.2, 0.25) is 5.56 Å². The van der Waals surface area contributed by atoms with Crippen LogP contribution < -0.4 is 20.7 Å². The summed E-state index contributed by atoms with van der Waals surface area (Å²) in [7, 11) is 1.98. The number of nitrogens with zero attached hydrogens (tertiary/aromatic N) is 3. The highest BCUT2D eigenvalue weighted by Gasteiger charge is 2.36. The van der Waals surface area contributed by atoms with E-state index < -0.39 is 34.6 Å². The van der Waals surface area contributed by atoms with Gasteiger partial charge in [-0.1, -0.05) is 17.7 Å². The number of aromatic nitrogens is 1. The van der Waals surface area contributed by atoms with Crippen LogP contribution in [0.15, 0.2) is 47.4 Å². The van der Waals surface area contributed by atoms with Crippen LogP contribution in [0.25, 0.3) is 11.1 Å². The standard InChI is InChI=1S/C30H32ClF4N5O3/c1-17-15-40(16-18(2)38(17)3)27-13-24(32)20(19-4-5-26(23(31)10-19)39-6-8-43-9-7-39)11-25(27)37-29(42)21-14-36-28(41)12-22(21)30(33,34)35/h4-5,10-14,17-18H,6-9,15-16H2,1-3H3,(H,36,41)(H,37,42). The molecule has 5 rings (SSSR count). The number of nitrogens with one attached hydrogen (secondary N) is 2. The van der Waals surface area contributed by atoms with E-state index in [-0.39, 0.29) is 23.3 Å². The number of hydrogen-bond acceptors (Lipinski definition) is 6. The van der Waals surface area contributed by atoms with Crippen LogP contribution in [0.1, 0.15) is 29.8 Å². The van der Waals surface area contributed by atoms with Gasteiger partial charge in [0.1, 0.15) is 5.82 Å². The normalized spacial score (nSPS) is 19.9. The predicted octanol–water partition coefficient (Wildman–Crippen LogP) is 5.47. The van der Waals surface area contributed by atoms with Gasteiger partial charge in [-0.05, 0) is 50.7 Å². The molecule has 2 aliphatic rings. The van der Waals surface area contributed by atoms with Crippen LogP contribution in [0.3, 0.4) is 0 Å². The summed E-state index contributed by atoms with van der Waals surface area (Å²) in [6.45, 7) is 7.46. The molecule has 43 heavy (non-hydrogen) atoms. The van der Waals surface area contributed by atoms with E-state index >= 15 is 4.39 Å². The molecule has 2 N–H and O–H groups in total. The van der Waals surface area contributed by atoms with E-state index in [1.807, 2.05) is 25.8 Å². The molecule has 230 valence electrons. The molecular formula is C30H32ClF4N5O3. The first-order valence-electron chi connectivity index (χ1n) is 13.9. The number of rotatable bonds is 5. The van der Waals surface area contributed by atoms with Gasteiger partial charge >= 0.3 is 6.18 Å². The van der Waals surface area contributed by atoms with Gasteiger partial charge in [-0.25, -0.2) is 4.39 Å². The van der Waals surface area contributed by atoms with Crippen molar-refractivity contribution in [1.82, 2.24) is 9.88 Å². The second kappa shape index (κ2) is 12.2. The number of morpholine rings is 1. The van der Waals surface area contributed by atoms with Crippen molar-refractivity contribution in [2.24, 2.45) is 0 Å². The summed E-state index contributed by atoms with van der Waals surface area (Å²) in [5.74, 6) is -1.68. The average molecular weight is 622 g/mol. The zero-order chi connectivity index (χ0) is 31.1. The maximum Gasteiger partial charge on any atom is 0.417 e. The van der Waals surface area contributed by atoms with E-state index in [2.05, 4.69) is 20.1 Å². The van der Waals surface area contributed by atoms with Crippen molar-refractivity contribution < 1.29 is 27.1 Å². The minimum Gasteiger partial charge on any atom is -0.378 e. The highest BCUT2D eigenvalue weighted by atomic mass is 35.5. The fourth-order valence-corrected chi connectivity index (χ4v) is 5.87. The van der Waals surface area contributed by atoms with Crippen molar-refractivity contribution in [2.45, 2.75) is 32.1 Å². The molecule has 0 bridgehead atoms. The number of amides is 1. The monoisotopic (exact) mass is 621 g/mol. The molecule has 2 atom stereocenters. The Hall–Kier alpha value is -3.61. The highest BCUT2D eigenvalue weighted by Crippen LogP contribution is 2.39. The second-order valence-corrected chi connectivity index (χ2v) is 11.4. The van der Waals surface area contributed by atoms with Gasteiger partial charge in [-0.15, -0.1) is 0 Å². The average Bonchev–Trinajstić information content (AvgIpc) is 2.96. The topological polar surface area (TPSA) is 80.9 Å². The number of benzene rings is 2. The van der Waals surface area contributed by atoms with Gasteiger partial charge in [0.25, 0.3) is 5.91 Å². The summed E-state index contributed by atoms with van der Waals surface area (Å²) >= 11 is 6.62. The van der Waals surface area contributed by atoms with E-state index in [1.165, 1.54) is 12.1 Å². The highest BCUT2D eigenvalue weighted by molar-refractivity contribution is 6.33. The van der Waals surface area contributed by atoms with E-state index in [0.29, 0.717) is 61.7 Å². The van der Waals surface area contributed by atoms with Crippen LogP contribution in [0.5, 0.6) is 0 Å². The van der Waals surface area contributed by atoms with E-state index in [9.17, 15) is 22.8 Å². The summed E-state index contributed by atoms with van der Waals surface area (Å²) in [4.78, 5) is 33.3. The van der Waals surface area contributed by atoms with Crippen LogP contribution in [0.2, 0.25) is 5.02 Å². The summed E-state index contributed by atoms with van der Waals surface area (Å²) in [6, 6.07) is 8.33. The van der Waals surface area contributed by atoms with Crippen LogP contribution in [0, 0.1) is 5.82 Å². The number of H-pyrrole nitrogens is 1. The zero-order valence-corrected chi connectivity index (χ0v) is 24.7. The van der Waals surface area contributed by atoms with Crippen LogP contribution >= 0.6 is 11.6 Å². The first kappa shape index (κ1) is 30.8. The summed E-state index contributed by atoms with van der Waals surface area (Å²) in [5.41, 5.74) is -1.35. The Morgan fingerprint density at radius 1 is 1.02 bits per heavy atom. The number of pyridine rings is 1. The van der Waals surface area contributed by atoms with Gasteiger partial charge in [0.05, 0.1) is 46.4 Å². The fourth-order valence-electron chi connectivity index (χ4n) is 5.57. The second-order valence-electron chi connectivity index (χ2n) is 11.0. The smallest absolute Gasteiger partial charge is 0.378 e. The molecule has 0 radical (unpaired) electrons. The molecule has 2 fully saturated rings. The van der Waals surface area contributed by atoms with E-state index in [0.717, 1.165) is 11.9 Å². The Bertz CT molecular complexity index is 1560. The number of halogens is 5. The zero-order valence-electron chi connectivity index (χ0n) is 23.9. The van der Waals surface area contributed by atoms with Gasteiger partial charge in [0.15, 0.2) is 0 Å². The maximum absolute atomic E-state index is 15.8. The molecule has 2 unspecified atom stereocenters. The van der Waals surface area contributed by atoms with Gasteiger partial charge in [0, 0.05) is 56.1 Å². The largest absolute Gasteiger partial charge is 0.417 e. The molecule has 2 saturated heterocycles. The molecule has 0 saturated carbocycles. The van der Waals surface area contributed by atoms with Crippen LogP contribution in [-0.2, 0) is 10.9 Å². The number of likely N-dealkylation sites (N-methyl/N-ethyl adjacent to an activating group) is 1. The summed E-state index contributed by atoms with van der Waals surface area (Å²) < 4.78 is 62.5. The lowest BCUT2D eigenvalue weighted by Crippen LogP contribution is -2.55. The Morgan fingerprint density at radius 3 is 2.33 bits per heavy atom. The van der Waals surface area contributed by atoms with E-state index in [1.54, 1.807) is 18.2 Å². The number of carbonyl (C=O) groups excluding carboxylic acids is 1. The van der Waals surface area contributed by atoms with Crippen molar-refractivity contribution in [3.8, 4) is 11.1 Å². The first-order valence-corrected chi connectivity index (χ1v) is 14.3. The van der Waals surface area contributed by atoms with E-state index in [4.69, 9.17) is 16.3 Å². The lowest BCUT2D eigenvalue weighted by molar-refractivity contribution is -0.138. The van der Waals surface area contributed by atoms with Crippen molar-refractivity contribution >= 4 is 34.6 Å². The van der Waals surface area contributed by atoms with Crippen molar-refractivity contribution in [1.29, 1.82) is 0 Å². The Labute approximate surface area is 251 Å². The molecule has 0 spiro atoms. The molecule has 8 nitrogen and oxygen atoms in total. The van der Waals surface area contributed by atoms with Crippen LogP contribution in [0.4, 0.5) is 34.6 Å². The number of anilines is 3. The molecule has 2 aliphatic heterocycles. The molecule has 13 heteroatoms. The molecule has 0 aliphatic carbocycles. The Balaban J connectivity index is 1.57. The van der Waals surface area contributed by atoms with Gasteiger partial charge < -0.3 is 24.8 Å². The van der Waals surface area contributed by atoms with Gasteiger partial charge in [-0.2, -0.15) is 13.2 Å². The molecule has 3 aromatic rings. The third kappa shape index (κ3) is 6.51. The SMILES string of the molecule is CC1CN(c2cc(F)c(-c3ccc(N4CCOCC4)c(Cl)c3)cc2NC(=O)c2c[nH]c(=O)cc2C(F)(F)F)CC(C)N1C. The minimum atomic E-state index is -4.95. The lowest BCUT2D eigenvalue weighted by atomic mass is 10.0. The number of ether oxygens (including phenoxy) is 1. The molecular weight excluding hydrogens is 590 g/mol. The maximum atomic E-state index is 15.8. The van der Waals surface area contributed by atoms with Gasteiger partial charge in [-0.3, -0.25) is 14.5 Å². The number of aromatic amines is 1. The predicted molar refractivity (Wildman–Crippen MR) is 159 cm³/mol. The molecule has 1 aromatic heterocycles. The van der Waals surface area contributed by atoms with Crippen molar-refractivity contribution in [3.05, 3.63) is 74.9 Å². The molecule has 3 heterocycles. The minimum absolute atomic E-state index is 0.0811.